The minimum absolute atomic E-state index is 0.0107. The highest BCUT2D eigenvalue weighted by Crippen LogP contribution is 2.27. The second-order valence-corrected chi connectivity index (χ2v) is 8.15. The number of rotatable bonds is 3. The molecule has 7 heteroatoms. The van der Waals surface area contributed by atoms with Gasteiger partial charge < -0.3 is 9.64 Å². The molecule has 2 heterocycles. The molecular formula is C19H24ClN3O3. The Hall–Kier alpha value is -2.08. The Kier molecular flexibility index (Phi) is 4.97. The number of hydrogen-bond acceptors (Lipinski definition) is 4. The Morgan fingerprint density at radius 3 is 2.73 bits per heavy atom. The summed E-state index contributed by atoms with van der Waals surface area (Å²) in [7, 11) is 0. The van der Waals surface area contributed by atoms with Crippen LogP contribution in [0.15, 0.2) is 18.2 Å². The van der Waals surface area contributed by atoms with Crippen molar-refractivity contribution < 1.29 is 14.3 Å². The largest absolute Gasteiger partial charge is 0.444 e. The average molecular weight is 378 g/mol. The molecule has 1 aliphatic heterocycles. The molecule has 0 radical (unpaired) electrons. The minimum Gasteiger partial charge on any atom is -0.444 e. The van der Waals surface area contributed by atoms with Crippen LogP contribution in [0, 0.1) is 0 Å². The fourth-order valence-electron chi connectivity index (χ4n) is 3.34. The molecule has 26 heavy (non-hydrogen) atoms. The van der Waals surface area contributed by atoms with Crippen molar-refractivity contribution in [3.8, 4) is 0 Å². The van der Waals surface area contributed by atoms with Crippen molar-refractivity contribution in [2.45, 2.75) is 58.7 Å². The minimum atomic E-state index is -0.527. The van der Waals surface area contributed by atoms with E-state index >= 15 is 0 Å². The van der Waals surface area contributed by atoms with Crippen molar-refractivity contribution in [2.24, 2.45) is 0 Å². The third-order valence-electron chi connectivity index (χ3n) is 4.43. The number of benzene rings is 1. The average Bonchev–Trinajstić information content (AvgIpc) is 3.10. The van der Waals surface area contributed by atoms with Crippen LogP contribution in [0.4, 0.5) is 4.79 Å². The van der Waals surface area contributed by atoms with Gasteiger partial charge in [0.2, 0.25) is 0 Å². The van der Waals surface area contributed by atoms with Crippen molar-refractivity contribution in [3.63, 3.8) is 0 Å². The van der Waals surface area contributed by atoms with Gasteiger partial charge in [-0.2, -0.15) is 5.10 Å². The van der Waals surface area contributed by atoms with Gasteiger partial charge in [0.15, 0.2) is 5.78 Å². The first-order chi connectivity index (χ1) is 12.2. The molecule has 0 aliphatic carbocycles. The van der Waals surface area contributed by atoms with Crippen molar-refractivity contribution in [3.05, 3.63) is 28.9 Å². The molecule has 1 aliphatic rings. The van der Waals surface area contributed by atoms with Crippen LogP contribution in [-0.4, -0.2) is 44.7 Å². The van der Waals surface area contributed by atoms with Crippen molar-refractivity contribution in [1.29, 1.82) is 0 Å². The number of fused-ring (bicyclic) bond motifs is 1. The summed E-state index contributed by atoms with van der Waals surface area (Å²) in [4.78, 5) is 26.2. The Morgan fingerprint density at radius 2 is 2.08 bits per heavy atom. The number of nitrogens with zero attached hydrogens (tertiary/aromatic N) is 3. The van der Waals surface area contributed by atoms with Gasteiger partial charge in [0, 0.05) is 23.9 Å². The van der Waals surface area contributed by atoms with Crippen molar-refractivity contribution >= 4 is 34.4 Å². The highest BCUT2D eigenvalue weighted by Gasteiger charge is 2.33. The van der Waals surface area contributed by atoms with Crippen LogP contribution in [0.3, 0.4) is 0 Å². The van der Waals surface area contributed by atoms with Gasteiger partial charge in [-0.05, 0) is 51.8 Å². The molecule has 140 valence electrons. The third-order valence-corrected chi connectivity index (χ3v) is 4.67. The first-order valence-electron chi connectivity index (χ1n) is 8.82. The molecule has 0 saturated carbocycles. The van der Waals surface area contributed by atoms with Gasteiger partial charge in [-0.15, -0.1) is 0 Å². The van der Waals surface area contributed by atoms with E-state index in [1.54, 1.807) is 21.7 Å². The predicted molar refractivity (Wildman–Crippen MR) is 101 cm³/mol. The predicted octanol–water partition coefficient (Wildman–Crippen LogP) is 4.29. The van der Waals surface area contributed by atoms with Crippen LogP contribution < -0.4 is 0 Å². The van der Waals surface area contributed by atoms with Crippen LogP contribution in [0.1, 0.15) is 51.0 Å². The van der Waals surface area contributed by atoms with Gasteiger partial charge in [-0.1, -0.05) is 11.6 Å². The molecule has 1 fully saturated rings. The fraction of sp³-hybridized carbons (Fsp3) is 0.526. The maximum Gasteiger partial charge on any atom is 0.410 e. The molecule has 0 N–H and O–H groups in total. The number of ether oxygens (including phenoxy) is 1. The van der Waals surface area contributed by atoms with E-state index in [4.69, 9.17) is 16.3 Å². The molecule has 2 aromatic rings. The van der Waals surface area contributed by atoms with Crippen LogP contribution in [0.25, 0.3) is 10.9 Å². The summed E-state index contributed by atoms with van der Waals surface area (Å²) in [6.45, 7) is 8.27. The van der Waals surface area contributed by atoms with Crippen LogP contribution in [0.2, 0.25) is 5.02 Å². The van der Waals surface area contributed by atoms with Gasteiger partial charge in [-0.25, -0.2) is 4.79 Å². The van der Waals surface area contributed by atoms with Gasteiger partial charge >= 0.3 is 6.09 Å². The first kappa shape index (κ1) is 18.7. The van der Waals surface area contributed by atoms with E-state index in [9.17, 15) is 9.59 Å². The fourth-order valence-corrected chi connectivity index (χ4v) is 3.51. The molecule has 0 bridgehead atoms. The summed E-state index contributed by atoms with van der Waals surface area (Å²) in [5.74, 6) is -0.105. The molecule has 1 aromatic heterocycles. The Morgan fingerprint density at radius 1 is 1.35 bits per heavy atom. The lowest BCUT2D eigenvalue weighted by Gasteiger charge is -2.28. The number of carbonyl (C=O) groups excluding carboxylic acids is 2. The standard InChI is InChI=1S/C19H24ClN3O3/c1-12(24)17-15-10-13(20)7-8-16(15)23(21-17)11-14-6-5-9-22(14)18(25)26-19(2,3)4/h7-8,10,14H,5-6,9,11H2,1-4H3/t14-/m0/s1. The SMILES string of the molecule is CC(=O)c1nn(C[C@@H]2CCCN2C(=O)OC(C)(C)C)c2ccc(Cl)cc12. The second-order valence-electron chi connectivity index (χ2n) is 7.72. The Labute approximate surface area is 158 Å². The van der Waals surface area contributed by atoms with Crippen molar-refractivity contribution in [2.75, 3.05) is 6.54 Å². The third kappa shape index (κ3) is 3.85. The van der Waals surface area contributed by atoms with Crippen molar-refractivity contribution in [1.82, 2.24) is 14.7 Å². The molecule has 1 aromatic carbocycles. The molecule has 3 rings (SSSR count). The number of aromatic nitrogens is 2. The quantitative estimate of drug-likeness (QED) is 0.748. The van der Waals surface area contributed by atoms with Crippen LogP contribution >= 0.6 is 11.6 Å². The maximum atomic E-state index is 12.5. The Bertz CT molecular complexity index is 854. The zero-order valence-electron chi connectivity index (χ0n) is 15.6. The maximum absolute atomic E-state index is 12.5. The van der Waals surface area contributed by atoms with Gasteiger partial charge in [0.05, 0.1) is 18.1 Å². The van der Waals surface area contributed by atoms with Gasteiger partial charge in [0.1, 0.15) is 11.3 Å². The zero-order chi connectivity index (χ0) is 19.1. The number of hydrogen-bond donors (Lipinski definition) is 0. The summed E-state index contributed by atoms with van der Waals surface area (Å²) in [6.07, 6.45) is 1.50. The van der Waals surface area contributed by atoms with E-state index in [1.807, 2.05) is 26.8 Å². The first-order valence-corrected chi connectivity index (χ1v) is 9.20. The van der Waals surface area contributed by atoms with E-state index < -0.39 is 5.60 Å². The molecule has 1 saturated heterocycles. The molecule has 6 nitrogen and oxygen atoms in total. The van der Waals surface area contributed by atoms with E-state index in [0.29, 0.717) is 23.8 Å². The number of Topliss-reactive ketones (excluding diaryl/α,β-unsaturated/α-hetero) is 1. The molecule has 0 unspecified atom stereocenters. The summed E-state index contributed by atoms with van der Waals surface area (Å²) >= 11 is 6.08. The topological polar surface area (TPSA) is 64.4 Å². The number of carbonyl (C=O) groups is 2. The molecule has 1 atom stereocenters. The molecular weight excluding hydrogens is 354 g/mol. The highest BCUT2D eigenvalue weighted by atomic mass is 35.5. The summed E-state index contributed by atoms with van der Waals surface area (Å²) in [5.41, 5.74) is 0.723. The lowest BCUT2D eigenvalue weighted by molar-refractivity contribution is 0.0212. The molecule has 0 spiro atoms. The van der Waals surface area contributed by atoms with Crippen LogP contribution in [0.5, 0.6) is 0 Å². The van der Waals surface area contributed by atoms with Gasteiger partial charge in [-0.3, -0.25) is 9.48 Å². The lowest BCUT2D eigenvalue weighted by Crippen LogP contribution is -2.41. The number of amides is 1. The van der Waals surface area contributed by atoms with E-state index in [0.717, 1.165) is 23.7 Å². The number of likely N-dealkylation sites (tertiary alicyclic amines) is 1. The zero-order valence-corrected chi connectivity index (χ0v) is 16.3. The summed E-state index contributed by atoms with van der Waals surface area (Å²) < 4.78 is 7.32. The normalized spacial score (nSPS) is 17.7. The van der Waals surface area contributed by atoms with E-state index in [1.165, 1.54) is 6.92 Å². The van der Waals surface area contributed by atoms with E-state index in [-0.39, 0.29) is 17.9 Å². The van der Waals surface area contributed by atoms with Gasteiger partial charge in [0.25, 0.3) is 0 Å². The smallest absolute Gasteiger partial charge is 0.410 e. The monoisotopic (exact) mass is 377 g/mol. The number of halogens is 1. The lowest BCUT2D eigenvalue weighted by atomic mass is 10.1. The van der Waals surface area contributed by atoms with Crippen LogP contribution in [-0.2, 0) is 11.3 Å². The number of ketones is 1. The Balaban J connectivity index is 1.88. The summed E-state index contributed by atoms with van der Waals surface area (Å²) in [6, 6.07) is 5.40. The summed E-state index contributed by atoms with van der Waals surface area (Å²) in [5, 5.41) is 5.80. The second kappa shape index (κ2) is 6.91. The highest BCUT2D eigenvalue weighted by molar-refractivity contribution is 6.31. The molecule has 1 amide bonds. The van der Waals surface area contributed by atoms with E-state index in [2.05, 4.69) is 5.10 Å².